The average Bonchev–Trinajstić information content (AvgIpc) is 3.30. The number of amides is 2. The van der Waals surface area contributed by atoms with Crippen molar-refractivity contribution in [3.63, 3.8) is 0 Å². The number of nitrogens with zero attached hydrogens (tertiary/aromatic N) is 4. The number of carbonyl (C=O) groups excluding carboxylic acids is 1. The van der Waals surface area contributed by atoms with Gasteiger partial charge < -0.3 is 9.88 Å². The van der Waals surface area contributed by atoms with Crippen molar-refractivity contribution in [2.24, 2.45) is 0 Å². The van der Waals surface area contributed by atoms with Gasteiger partial charge in [0.05, 0.1) is 0 Å². The van der Waals surface area contributed by atoms with Crippen LogP contribution in [0, 0.1) is 4.77 Å². The molecule has 1 unspecified atom stereocenters. The zero-order chi connectivity index (χ0) is 19.9. The number of aromatic nitrogens is 5. The van der Waals surface area contributed by atoms with Crippen molar-refractivity contribution in [2.45, 2.75) is 39.2 Å². The van der Waals surface area contributed by atoms with Crippen molar-refractivity contribution in [1.82, 2.24) is 30.3 Å². The van der Waals surface area contributed by atoms with E-state index in [1.807, 2.05) is 29.7 Å². The summed E-state index contributed by atoms with van der Waals surface area (Å²) in [4.78, 5) is 12.1. The molecule has 0 aliphatic rings. The highest BCUT2D eigenvalue weighted by Crippen LogP contribution is 2.31. The molecular weight excluding hydrogens is 394 g/mol. The van der Waals surface area contributed by atoms with Gasteiger partial charge in [-0.15, -0.1) is 10.2 Å². The minimum atomic E-state index is -0.312. The first kappa shape index (κ1) is 20.2. The van der Waals surface area contributed by atoms with Gasteiger partial charge >= 0.3 is 6.03 Å². The smallest absolute Gasteiger partial charge is 0.321 e. The first-order chi connectivity index (χ1) is 13.6. The van der Waals surface area contributed by atoms with Crippen molar-refractivity contribution >= 4 is 34.7 Å². The molecule has 3 aromatic rings. The highest BCUT2D eigenvalue weighted by molar-refractivity contribution is 7.71. The zero-order valence-corrected chi connectivity index (χ0v) is 17.4. The third kappa shape index (κ3) is 4.82. The molecule has 3 rings (SSSR count). The van der Waals surface area contributed by atoms with Crippen LogP contribution in [0.2, 0.25) is 0 Å². The first-order valence-electron chi connectivity index (χ1n) is 9.19. The molecule has 0 saturated carbocycles. The standard InChI is InChI=1S/C18H23N7OS2/c1-3-13(12-8-6-5-7-9-12)15-22-23-17(28-15)20-16(26)19-11-10-14-21-24-18(27)25(14)4-2/h5-9,13H,3-4,10-11H2,1-2H3,(H,24,27)(H2,19,20,23,26). The highest BCUT2D eigenvalue weighted by Gasteiger charge is 2.18. The van der Waals surface area contributed by atoms with Gasteiger partial charge in [-0.05, 0) is 31.1 Å². The fourth-order valence-electron chi connectivity index (χ4n) is 2.96. The lowest BCUT2D eigenvalue weighted by molar-refractivity contribution is 0.252. The molecule has 0 radical (unpaired) electrons. The number of anilines is 1. The molecule has 3 N–H and O–H groups in total. The predicted octanol–water partition coefficient (Wildman–Crippen LogP) is 3.72. The van der Waals surface area contributed by atoms with E-state index in [2.05, 4.69) is 50.1 Å². The summed E-state index contributed by atoms with van der Waals surface area (Å²) in [5.41, 5.74) is 1.20. The molecule has 0 fully saturated rings. The molecule has 1 atom stereocenters. The van der Waals surface area contributed by atoms with E-state index in [1.54, 1.807) is 0 Å². The lowest BCUT2D eigenvalue weighted by atomic mass is 9.97. The minimum absolute atomic E-state index is 0.175. The van der Waals surface area contributed by atoms with Crippen LogP contribution in [0.5, 0.6) is 0 Å². The SMILES string of the molecule is CCC(c1ccccc1)c1nnc(NC(=O)NCCc2n[nH]c(=S)n2CC)s1. The number of hydrogen-bond donors (Lipinski definition) is 3. The average molecular weight is 418 g/mol. The summed E-state index contributed by atoms with van der Waals surface area (Å²) in [6, 6.07) is 9.88. The van der Waals surface area contributed by atoms with E-state index in [0.717, 1.165) is 23.8 Å². The van der Waals surface area contributed by atoms with Crippen molar-refractivity contribution in [2.75, 3.05) is 11.9 Å². The zero-order valence-electron chi connectivity index (χ0n) is 15.8. The Morgan fingerprint density at radius 3 is 2.79 bits per heavy atom. The van der Waals surface area contributed by atoms with Gasteiger partial charge in [0.25, 0.3) is 0 Å². The lowest BCUT2D eigenvalue weighted by Crippen LogP contribution is -2.30. The summed E-state index contributed by atoms with van der Waals surface area (Å²) < 4.78 is 2.49. The quantitative estimate of drug-likeness (QED) is 0.485. The third-order valence-electron chi connectivity index (χ3n) is 4.36. The second kappa shape index (κ2) is 9.56. The summed E-state index contributed by atoms with van der Waals surface area (Å²) in [7, 11) is 0. The molecular formula is C18H23N7OS2. The van der Waals surface area contributed by atoms with E-state index in [1.165, 1.54) is 16.9 Å². The van der Waals surface area contributed by atoms with Crippen molar-refractivity contribution in [3.05, 3.63) is 51.5 Å². The molecule has 0 saturated heterocycles. The number of urea groups is 1. The van der Waals surface area contributed by atoms with Crippen LogP contribution >= 0.6 is 23.6 Å². The normalized spacial score (nSPS) is 11.9. The van der Waals surface area contributed by atoms with Crippen molar-refractivity contribution in [1.29, 1.82) is 0 Å². The Kier molecular flexibility index (Phi) is 6.88. The molecule has 148 valence electrons. The summed E-state index contributed by atoms with van der Waals surface area (Å²) in [5.74, 6) is 0.994. The second-order valence-corrected chi connectivity index (χ2v) is 7.53. The Balaban J connectivity index is 1.54. The number of benzene rings is 1. The fraction of sp³-hybridized carbons (Fsp3) is 0.389. The number of rotatable bonds is 8. The van der Waals surface area contributed by atoms with Crippen LogP contribution in [0.4, 0.5) is 9.93 Å². The lowest BCUT2D eigenvalue weighted by Gasteiger charge is -2.11. The number of H-pyrrole nitrogens is 1. The van der Waals surface area contributed by atoms with E-state index in [0.29, 0.717) is 22.9 Å². The van der Waals surface area contributed by atoms with Gasteiger partial charge in [-0.3, -0.25) is 10.4 Å². The Morgan fingerprint density at radius 2 is 2.07 bits per heavy atom. The Bertz CT molecular complexity index is 964. The van der Waals surface area contributed by atoms with Crippen LogP contribution < -0.4 is 10.6 Å². The van der Waals surface area contributed by atoms with Crippen LogP contribution in [0.25, 0.3) is 0 Å². The number of hydrogen-bond acceptors (Lipinski definition) is 6. The monoisotopic (exact) mass is 417 g/mol. The molecule has 8 nitrogen and oxygen atoms in total. The first-order valence-corrected chi connectivity index (χ1v) is 10.4. The Labute approximate surface area is 172 Å². The topological polar surface area (TPSA) is 101 Å². The maximum atomic E-state index is 12.1. The van der Waals surface area contributed by atoms with E-state index in [4.69, 9.17) is 12.2 Å². The molecule has 0 spiro atoms. The van der Waals surface area contributed by atoms with Gasteiger partial charge in [-0.25, -0.2) is 4.79 Å². The van der Waals surface area contributed by atoms with Gasteiger partial charge in [0.1, 0.15) is 10.8 Å². The summed E-state index contributed by atoms with van der Waals surface area (Å²) in [6.07, 6.45) is 1.50. The van der Waals surface area contributed by atoms with Gasteiger partial charge in [0.2, 0.25) is 5.13 Å². The molecule has 2 amide bonds. The van der Waals surface area contributed by atoms with Gasteiger partial charge in [0, 0.05) is 25.4 Å². The molecule has 2 aromatic heterocycles. The van der Waals surface area contributed by atoms with Crippen LogP contribution in [0.3, 0.4) is 0 Å². The maximum absolute atomic E-state index is 12.1. The molecule has 1 aromatic carbocycles. The fourth-order valence-corrected chi connectivity index (χ4v) is 4.19. The van der Waals surface area contributed by atoms with Gasteiger partial charge in [0.15, 0.2) is 4.77 Å². The highest BCUT2D eigenvalue weighted by atomic mass is 32.1. The maximum Gasteiger partial charge on any atom is 0.321 e. The van der Waals surface area contributed by atoms with E-state index >= 15 is 0 Å². The third-order valence-corrected chi connectivity index (χ3v) is 5.62. The van der Waals surface area contributed by atoms with Crippen LogP contribution in [-0.2, 0) is 13.0 Å². The molecule has 28 heavy (non-hydrogen) atoms. The molecule has 2 heterocycles. The Morgan fingerprint density at radius 1 is 1.29 bits per heavy atom. The van der Waals surface area contributed by atoms with E-state index in [-0.39, 0.29) is 11.9 Å². The van der Waals surface area contributed by atoms with E-state index < -0.39 is 0 Å². The molecule has 0 aliphatic carbocycles. The second-order valence-electron chi connectivity index (χ2n) is 6.14. The van der Waals surface area contributed by atoms with Crippen LogP contribution in [0.15, 0.2) is 30.3 Å². The molecule has 0 bridgehead atoms. The predicted molar refractivity (Wildman–Crippen MR) is 112 cm³/mol. The summed E-state index contributed by atoms with van der Waals surface area (Å²) >= 11 is 6.56. The number of carbonyl (C=O) groups is 1. The van der Waals surface area contributed by atoms with Crippen LogP contribution in [-0.4, -0.2) is 37.5 Å². The number of nitrogens with one attached hydrogen (secondary N) is 3. The molecule has 10 heteroatoms. The summed E-state index contributed by atoms with van der Waals surface area (Å²) in [5, 5.41) is 22.3. The van der Waals surface area contributed by atoms with Gasteiger partial charge in [-0.2, -0.15) is 5.10 Å². The number of aromatic amines is 1. The van der Waals surface area contributed by atoms with Gasteiger partial charge in [-0.1, -0.05) is 48.6 Å². The minimum Gasteiger partial charge on any atom is -0.337 e. The van der Waals surface area contributed by atoms with Crippen molar-refractivity contribution in [3.8, 4) is 0 Å². The van der Waals surface area contributed by atoms with Crippen molar-refractivity contribution < 1.29 is 4.79 Å². The largest absolute Gasteiger partial charge is 0.337 e. The van der Waals surface area contributed by atoms with E-state index in [9.17, 15) is 4.79 Å². The molecule has 0 aliphatic heterocycles. The Hall–Kier alpha value is -2.59. The summed E-state index contributed by atoms with van der Waals surface area (Å²) in [6.45, 7) is 5.30. The van der Waals surface area contributed by atoms with Crippen LogP contribution in [0.1, 0.15) is 42.6 Å².